The summed E-state index contributed by atoms with van der Waals surface area (Å²) in [5.41, 5.74) is 3.92. The monoisotopic (exact) mass is 500 g/mol. The predicted molar refractivity (Wildman–Crippen MR) is 149 cm³/mol. The molecule has 2 aromatic carbocycles. The lowest BCUT2D eigenvalue weighted by molar-refractivity contribution is -0.136. The molecule has 1 aromatic heterocycles. The number of nitrogens with zero attached hydrogens (tertiary/aromatic N) is 3. The summed E-state index contributed by atoms with van der Waals surface area (Å²) in [6.45, 7) is 13.2. The first-order chi connectivity index (χ1) is 17.5. The number of aryl methyl sites for hydroxylation is 1. The van der Waals surface area contributed by atoms with Crippen LogP contribution in [0.15, 0.2) is 60.7 Å². The van der Waals surface area contributed by atoms with Gasteiger partial charge in [-0.1, -0.05) is 77.1 Å². The number of rotatable bonds is 9. The second-order valence-corrected chi connectivity index (χ2v) is 11.8. The molecule has 6 nitrogen and oxygen atoms in total. The van der Waals surface area contributed by atoms with E-state index in [1.807, 2.05) is 55.5 Å². The lowest BCUT2D eigenvalue weighted by Gasteiger charge is -2.23. The Morgan fingerprint density at radius 3 is 2.46 bits per heavy atom. The van der Waals surface area contributed by atoms with Gasteiger partial charge in [0.25, 0.3) is 0 Å². The number of nitrogens with one attached hydrogen (secondary N) is 1. The van der Waals surface area contributed by atoms with Crippen LogP contribution in [0.25, 0.3) is 5.69 Å². The molecule has 0 spiro atoms. The summed E-state index contributed by atoms with van der Waals surface area (Å²) >= 11 is 0. The molecule has 1 fully saturated rings. The molecule has 2 atom stereocenters. The van der Waals surface area contributed by atoms with Gasteiger partial charge in [0, 0.05) is 23.9 Å². The van der Waals surface area contributed by atoms with E-state index >= 15 is 0 Å². The third-order valence-corrected chi connectivity index (χ3v) is 6.95. The molecule has 37 heavy (non-hydrogen) atoms. The molecule has 2 unspecified atom stereocenters. The first-order valence-corrected chi connectivity index (χ1v) is 13.3. The summed E-state index contributed by atoms with van der Waals surface area (Å²) < 4.78 is 1.79. The molecule has 1 saturated carbocycles. The molecule has 4 rings (SSSR count). The average Bonchev–Trinajstić information content (AvgIpc) is 3.53. The van der Waals surface area contributed by atoms with Gasteiger partial charge in [0.2, 0.25) is 11.8 Å². The van der Waals surface area contributed by atoms with Gasteiger partial charge in [0.05, 0.1) is 17.9 Å². The summed E-state index contributed by atoms with van der Waals surface area (Å²) in [5, 5.41) is 7.89. The van der Waals surface area contributed by atoms with Crippen molar-refractivity contribution in [1.82, 2.24) is 14.7 Å². The van der Waals surface area contributed by atoms with E-state index in [9.17, 15) is 9.59 Å². The number of anilines is 1. The standard InChI is InChI=1S/C31H40N4O2/c1-21(2)15-16-34(30(37)26-18-25(26)23-12-8-7-9-13-23)20-29(36)32-28-19-27(31(4,5)6)33-35(28)24-14-10-11-22(3)17-24/h7-14,17,19,21,25-26H,15-16,18,20H2,1-6H3,(H,32,36). The molecule has 0 saturated heterocycles. The molecular weight excluding hydrogens is 460 g/mol. The van der Waals surface area contributed by atoms with Gasteiger partial charge < -0.3 is 10.2 Å². The summed E-state index contributed by atoms with van der Waals surface area (Å²) in [4.78, 5) is 28.6. The number of benzene rings is 2. The highest BCUT2D eigenvalue weighted by molar-refractivity contribution is 5.95. The van der Waals surface area contributed by atoms with Crippen molar-refractivity contribution in [2.75, 3.05) is 18.4 Å². The first kappa shape index (κ1) is 26.6. The second kappa shape index (κ2) is 10.9. The summed E-state index contributed by atoms with van der Waals surface area (Å²) in [7, 11) is 0. The van der Waals surface area contributed by atoms with Crippen LogP contribution in [-0.4, -0.2) is 39.6 Å². The number of carbonyl (C=O) groups is 2. The van der Waals surface area contributed by atoms with Crippen LogP contribution in [0.4, 0.5) is 5.82 Å². The Labute approximate surface area is 221 Å². The molecule has 1 heterocycles. The van der Waals surface area contributed by atoms with Crippen molar-refractivity contribution in [3.8, 4) is 5.69 Å². The van der Waals surface area contributed by atoms with Crippen LogP contribution in [0.1, 0.15) is 70.2 Å². The predicted octanol–water partition coefficient (Wildman–Crippen LogP) is 6.10. The van der Waals surface area contributed by atoms with Gasteiger partial charge >= 0.3 is 0 Å². The van der Waals surface area contributed by atoms with Crippen molar-refractivity contribution in [2.45, 2.75) is 65.7 Å². The third kappa shape index (κ3) is 6.68. The van der Waals surface area contributed by atoms with E-state index in [1.165, 1.54) is 5.56 Å². The number of carbonyl (C=O) groups excluding carboxylic acids is 2. The fourth-order valence-electron chi connectivity index (χ4n) is 4.60. The molecule has 1 aliphatic rings. The first-order valence-electron chi connectivity index (χ1n) is 13.3. The van der Waals surface area contributed by atoms with Gasteiger partial charge in [-0.05, 0) is 54.9 Å². The van der Waals surface area contributed by atoms with Gasteiger partial charge in [0.15, 0.2) is 0 Å². The maximum atomic E-state index is 13.5. The van der Waals surface area contributed by atoms with Crippen LogP contribution in [0.5, 0.6) is 0 Å². The summed E-state index contributed by atoms with van der Waals surface area (Å²) in [6, 6.07) is 20.2. The van der Waals surface area contributed by atoms with Gasteiger partial charge in [-0.2, -0.15) is 5.10 Å². The van der Waals surface area contributed by atoms with Crippen LogP contribution >= 0.6 is 0 Å². The zero-order chi connectivity index (χ0) is 26.7. The average molecular weight is 501 g/mol. The van der Waals surface area contributed by atoms with Gasteiger partial charge in [-0.25, -0.2) is 4.68 Å². The van der Waals surface area contributed by atoms with E-state index in [2.05, 4.69) is 52.1 Å². The maximum absolute atomic E-state index is 13.5. The van der Waals surface area contributed by atoms with Crippen molar-refractivity contribution in [3.05, 3.63) is 77.5 Å². The van der Waals surface area contributed by atoms with Gasteiger partial charge in [0.1, 0.15) is 5.82 Å². The highest BCUT2D eigenvalue weighted by Gasteiger charge is 2.45. The van der Waals surface area contributed by atoms with E-state index in [4.69, 9.17) is 5.10 Å². The van der Waals surface area contributed by atoms with Crippen molar-refractivity contribution in [2.24, 2.45) is 11.8 Å². The fourth-order valence-corrected chi connectivity index (χ4v) is 4.60. The topological polar surface area (TPSA) is 67.2 Å². The van der Waals surface area contributed by atoms with Gasteiger partial charge in [-0.15, -0.1) is 0 Å². The molecule has 0 radical (unpaired) electrons. The molecule has 6 heteroatoms. The Balaban J connectivity index is 1.52. The number of hydrogen-bond donors (Lipinski definition) is 1. The molecular formula is C31H40N4O2. The molecule has 0 bridgehead atoms. The second-order valence-electron chi connectivity index (χ2n) is 11.8. The smallest absolute Gasteiger partial charge is 0.245 e. The molecule has 1 N–H and O–H groups in total. The molecule has 2 amide bonds. The third-order valence-electron chi connectivity index (χ3n) is 6.95. The quantitative estimate of drug-likeness (QED) is 0.386. The van der Waals surface area contributed by atoms with Crippen LogP contribution in [0, 0.1) is 18.8 Å². The van der Waals surface area contributed by atoms with Crippen LogP contribution in [0.3, 0.4) is 0 Å². The summed E-state index contributed by atoms with van der Waals surface area (Å²) in [5.74, 6) is 1.13. The van der Waals surface area contributed by atoms with E-state index in [-0.39, 0.29) is 35.6 Å². The Morgan fingerprint density at radius 2 is 1.81 bits per heavy atom. The lowest BCUT2D eigenvalue weighted by Crippen LogP contribution is -2.40. The largest absolute Gasteiger partial charge is 0.333 e. The Hall–Kier alpha value is -3.41. The summed E-state index contributed by atoms with van der Waals surface area (Å²) in [6.07, 6.45) is 1.70. The Kier molecular flexibility index (Phi) is 7.86. The number of hydrogen-bond acceptors (Lipinski definition) is 3. The Morgan fingerprint density at radius 1 is 1.08 bits per heavy atom. The SMILES string of the molecule is Cc1cccc(-n2nc(C(C)(C)C)cc2NC(=O)CN(CCC(C)C)C(=O)C2CC2c2ccccc2)c1. The van der Waals surface area contributed by atoms with Crippen molar-refractivity contribution >= 4 is 17.6 Å². The zero-order valence-corrected chi connectivity index (χ0v) is 23.0. The van der Waals surface area contributed by atoms with E-state index in [1.54, 1.807) is 9.58 Å². The van der Waals surface area contributed by atoms with E-state index in [0.717, 1.165) is 29.8 Å². The minimum absolute atomic E-state index is 0.0351. The highest BCUT2D eigenvalue weighted by atomic mass is 16.2. The number of amides is 2. The molecule has 1 aliphatic carbocycles. The molecule has 3 aromatic rings. The van der Waals surface area contributed by atoms with Crippen LogP contribution in [-0.2, 0) is 15.0 Å². The highest BCUT2D eigenvalue weighted by Crippen LogP contribution is 2.48. The van der Waals surface area contributed by atoms with Crippen molar-refractivity contribution in [3.63, 3.8) is 0 Å². The molecule has 196 valence electrons. The van der Waals surface area contributed by atoms with E-state index in [0.29, 0.717) is 18.3 Å². The van der Waals surface area contributed by atoms with Crippen molar-refractivity contribution < 1.29 is 9.59 Å². The minimum Gasteiger partial charge on any atom is -0.333 e. The fraction of sp³-hybridized carbons (Fsp3) is 0.452. The van der Waals surface area contributed by atoms with Crippen LogP contribution in [0.2, 0.25) is 0 Å². The maximum Gasteiger partial charge on any atom is 0.245 e. The van der Waals surface area contributed by atoms with Crippen LogP contribution < -0.4 is 5.32 Å². The normalized spacial score (nSPS) is 17.1. The minimum atomic E-state index is -0.205. The van der Waals surface area contributed by atoms with E-state index < -0.39 is 0 Å². The number of aromatic nitrogens is 2. The Bertz CT molecular complexity index is 1240. The molecule has 0 aliphatic heterocycles. The zero-order valence-electron chi connectivity index (χ0n) is 23.0. The van der Waals surface area contributed by atoms with Crippen molar-refractivity contribution in [1.29, 1.82) is 0 Å². The lowest BCUT2D eigenvalue weighted by atomic mass is 9.92. The van der Waals surface area contributed by atoms with Gasteiger partial charge in [-0.3, -0.25) is 9.59 Å².